The number of aromatic hydroxyl groups is 1. The Morgan fingerprint density at radius 1 is 0.932 bits per heavy atom. The van der Waals surface area contributed by atoms with Crippen molar-refractivity contribution in [2.45, 2.75) is 121 Å². The summed E-state index contributed by atoms with van der Waals surface area (Å²) in [6, 6.07) is 1.66. The number of aliphatic hydroxyl groups is 2. The van der Waals surface area contributed by atoms with Crippen LogP contribution in [-0.2, 0) is 18.6 Å². The first-order chi connectivity index (χ1) is 20.7. The molecular weight excluding hydrogens is 597 g/mol. The van der Waals surface area contributed by atoms with Crippen LogP contribution in [0.3, 0.4) is 0 Å². The Morgan fingerprint density at radius 2 is 1.64 bits per heavy atom. The largest absolute Gasteiger partial charge is 0.508 e. The molecule has 1 aromatic carbocycles. The molecule has 2 fully saturated rings. The van der Waals surface area contributed by atoms with Gasteiger partial charge in [-0.2, -0.15) is 33.7 Å². The van der Waals surface area contributed by atoms with Crippen LogP contribution in [0.4, 0.5) is 22.0 Å². The highest BCUT2D eigenvalue weighted by molar-refractivity contribution is 7.99. The van der Waals surface area contributed by atoms with Gasteiger partial charge < -0.3 is 20.2 Å². The molecule has 10 heteroatoms. The maximum atomic E-state index is 13.0. The van der Waals surface area contributed by atoms with Crippen LogP contribution in [0.5, 0.6) is 5.75 Å². The van der Waals surface area contributed by atoms with Crippen LogP contribution in [0.2, 0.25) is 0 Å². The van der Waals surface area contributed by atoms with Crippen molar-refractivity contribution >= 4 is 11.8 Å². The van der Waals surface area contributed by atoms with Gasteiger partial charge in [0.2, 0.25) is 0 Å². The van der Waals surface area contributed by atoms with Crippen molar-refractivity contribution in [3.8, 4) is 5.75 Å². The second kappa shape index (κ2) is 13.2. The first-order valence-corrected chi connectivity index (χ1v) is 17.9. The fraction of sp³-hybridized carbons (Fsp3) is 0.824. The van der Waals surface area contributed by atoms with E-state index in [0.29, 0.717) is 23.2 Å². The number of thioether (sulfide) groups is 1. The standard InChI is InChI=1S/C34H50F5NO3S/c1-31-14-6-10-25(31)30-24(13-16-31)29-23-12-11-22(23)28(41)21-27(29)33(42,43)26(30)9-4-3-5-17-40(2)18-8-20-44-19-7-15-32(35,36)34(37,38)39/h21,24-26,30,41-43H,3-20H2,1-2H3/t24-,25+,26+,30-,31+/m1/s1. The van der Waals surface area contributed by atoms with Crippen LogP contribution in [0.1, 0.15) is 112 Å². The Morgan fingerprint density at radius 3 is 2.34 bits per heavy atom. The second-order valence-electron chi connectivity index (χ2n) is 14.4. The minimum atomic E-state index is -5.47. The van der Waals surface area contributed by atoms with E-state index in [1.165, 1.54) is 36.6 Å². The van der Waals surface area contributed by atoms with Gasteiger partial charge in [0.1, 0.15) is 5.75 Å². The van der Waals surface area contributed by atoms with Gasteiger partial charge in [0.15, 0.2) is 5.79 Å². The third-order valence-electron chi connectivity index (χ3n) is 11.6. The van der Waals surface area contributed by atoms with E-state index in [0.717, 1.165) is 87.8 Å². The topological polar surface area (TPSA) is 63.9 Å². The summed E-state index contributed by atoms with van der Waals surface area (Å²) in [7, 11) is 2.04. The lowest BCUT2D eigenvalue weighted by Gasteiger charge is -2.56. The molecule has 44 heavy (non-hydrogen) atoms. The molecule has 0 spiro atoms. The molecule has 5 rings (SSSR count). The molecule has 5 atom stereocenters. The number of rotatable bonds is 14. The number of phenolic OH excluding ortho intramolecular Hbond substituents is 1. The van der Waals surface area contributed by atoms with E-state index in [-0.39, 0.29) is 29.4 Å². The van der Waals surface area contributed by atoms with E-state index in [1.54, 1.807) is 6.07 Å². The minimum absolute atomic E-state index is 0.159. The molecule has 4 aliphatic carbocycles. The second-order valence-corrected chi connectivity index (χ2v) is 15.7. The van der Waals surface area contributed by atoms with Crippen molar-refractivity contribution in [1.29, 1.82) is 0 Å². The first-order valence-electron chi connectivity index (χ1n) is 16.7. The van der Waals surface area contributed by atoms with Crippen molar-refractivity contribution < 1.29 is 37.3 Å². The Kier molecular flexibility index (Phi) is 10.3. The van der Waals surface area contributed by atoms with Gasteiger partial charge in [-0.05, 0) is 142 Å². The lowest BCUT2D eigenvalue weighted by Crippen LogP contribution is -2.53. The number of unbranched alkanes of at least 4 members (excludes halogenated alkanes) is 2. The van der Waals surface area contributed by atoms with Crippen LogP contribution in [-0.4, -0.2) is 64.0 Å². The van der Waals surface area contributed by atoms with Gasteiger partial charge in [-0.3, -0.25) is 0 Å². The van der Waals surface area contributed by atoms with Gasteiger partial charge in [0.05, 0.1) is 0 Å². The van der Waals surface area contributed by atoms with Gasteiger partial charge in [0, 0.05) is 17.9 Å². The number of phenols is 1. The molecule has 0 aromatic heterocycles. The lowest BCUT2D eigenvalue weighted by molar-refractivity contribution is -0.284. The third-order valence-corrected chi connectivity index (χ3v) is 12.8. The summed E-state index contributed by atoms with van der Waals surface area (Å²) in [5, 5.41) is 34.4. The normalized spacial score (nSPS) is 29.1. The number of nitrogens with zero attached hydrogens (tertiary/aromatic N) is 1. The van der Waals surface area contributed by atoms with Gasteiger partial charge in [-0.15, -0.1) is 0 Å². The smallest absolute Gasteiger partial charge is 0.453 e. The SMILES string of the molecule is CN(CCCCC[C@H]1[C@@H]2[C@H](CC[C@]3(C)CCC[C@@H]23)c2c(cc(O)c3c2CC3)C1(O)O)CCCSCCCC(F)(F)C(F)(F)F. The monoisotopic (exact) mass is 647 g/mol. The van der Waals surface area contributed by atoms with Crippen molar-refractivity contribution in [3.05, 3.63) is 28.3 Å². The zero-order chi connectivity index (χ0) is 31.9. The molecule has 0 heterocycles. The third kappa shape index (κ3) is 6.66. The Balaban J connectivity index is 1.09. The Labute approximate surface area is 263 Å². The molecule has 3 N–H and O–H groups in total. The predicted octanol–water partition coefficient (Wildman–Crippen LogP) is 8.15. The summed E-state index contributed by atoms with van der Waals surface area (Å²) in [4.78, 5) is 2.22. The molecule has 0 aliphatic heterocycles. The summed E-state index contributed by atoms with van der Waals surface area (Å²) in [6.07, 6.45) is 5.27. The van der Waals surface area contributed by atoms with Gasteiger partial charge in [0.25, 0.3) is 0 Å². The van der Waals surface area contributed by atoms with Gasteiger partial charge >= 0.3 is 12.1 Å². The average Bonchev–Trinajstić information content (AvgIpc) is 3.31. The van der Waals surface area contributed by atoms with Gasteiger partial charge in [-0.1, -0.05) is 26.2 Å². The van der Waals surface area contributed by atoms with Crippen LogP contribution >= 0.6 is 11.8 Å². The molecule has 1 aromatic rings. The van der Waals surface area contributed by atoms with Crippen molar-refractivity contribution in [1.82, 2.24) is 4.90 Å². The predicted molar refractivity (Wildman–Crippen MR) is 164 cm³/mol. The van der Waals surface area contributed by atoms with Crippen LogP contribution in [0.15, 0.2) is 6.07 Å². The molecular formula is C34H50F5NO3S. The number of benzene rings is 1. The van der Waals surface area contributed by atoms with Crippen molar-refractivity contribution in [3.63, 3.8) is 0 Å². The molecule has 0 radical (unpaired) electrons. The number of hydrogen-bond donors (Lipinski definition) is 3. The summed E-state index contributed by atoms with van der Waals surface area (Å²) in [5.41, 5.74) is 4.14. The highest BCUT2D eigenvalue weighted by Crippen LogP contribution is 2.66. The summed E-state index contributed by atoms with van der Waals surface area (Å²) in [5.74, 6) is -4.52. The molecule has 4 nitrogen and oxygen atoms in total. The average molecular weight is 648 g/mol. The molecule has 0 amide bonds. The summed E-state index contributed by atoms with van der Waals surface area (Å²) in [6.45, 7) is 4.14. The number of halogens is 5. The Bertz CT molecular complexity index is 1160. The fourth-order valence-electron chi connectivity index (χ4n) is 9.20. The van der Waals surface area contributed by atoms with Crippen molar-refractivity contribution in [2.75, 3.05) is 31.6 Å². The van der Waals surface area contributed by atoms with Crippen molar-refractivity contribution in [2.24, 2.45) is 23.2 Å². The van der Waals surface area contributed by atoms with E-state index >= 15 is 0 Å². The van der Waals surface area contributed by atoms with E-state index in [2.05, 4.69) is 11.8 Å². The summed E-state index contributed by atoms with van der Waals surface area (Å²) >= 11 is 1.42. The highest BCUT2D eigenvalue weighted by atomic mass is 32.2. The van der Waals surface area contributed by atoms with E-state index in [4.69, 9.17) is 0 Å². The van der Waals surface area contributed by atoms with Crippen LogP contribution in [0.25, 0.3) is 0 Å². The molecule has 2 saturated carbocycles. The number of hydrogen-bond acceptors (Lipinski definition) is 5. The first kappa shape index (κ1) is 34.2. The molecule has 4 aliphatic rings. The maximum Gasteiger partial charge on any atom is 0.453 e. The quantitative estimate of drug-likeness (QED) is 0.108. The fourth-order valence-corrected chi connectivity index (χ4v) is 10.1. The molecule has 250 valence electrons. The van der Waals surface area contributed by atoms with Crippen LogP contribution < -0.4 is 0 Å². The minimum Gasteiger partial charge on any atom is -0.508 e. The van der Waals surface area contributed by atoms with E-state index in [1.807, 2.05) is 7.05 Å². The molecule has 0 bridgehead atoms. The highest BCUT2D eigenvalue weighted by Gasteiger charge is 2.60. The number of alkyl halides is 5. The summed E-state index contributed by atoms with van der Waals surface area (Å²) < 4.78 is 62.8. The molecule has 0 saturated heterocycles. The van der Waals surface area contributed by atoms with Gasteiger partial charge in [-0.25, -0.2) is 0 Å². The molecule has 0 unspecified atom stereocenters. The maximum absolute atomic E-state index is 13.0. The zero-order valence-electron chi connectivity index (χ0n) is 26.2. The number of fused-ring (bicyclic) bond motifs is 7. The zero-order valence-corrected chi connectivity index (χ0v) is 27.0. The van der Waals surface area contributed by atoms with Crippen LogP contribution in [0, 0.1) is 23.2 Å². The van der Waals surface area contributed by atoms with E-state index < -0.39 is 24.3 Å². The lowest BCUT2D eigenvalue weighted by atomic mass is 9.50. The van der Waals surface area contributed by atoms with E-state index in [9.17, 15) is 37.3 Å². The Hall–Kier alpha value is -1.10.